The van der Waals surface area contributed by atoms with Crippen LogP contribution in [-0.4, -0.2) is 19.6 Å². The van der Waals surface area contributed by atoms with Crippen LogP contribution in [0.5, 0.6) is 11.5 Å². The Balaban J connectivity index is 1.40. The Hall–Kier alpha value is -4.49. The number of nitrogens with zero attached hydrogens (tertiary/aromatic N) is 4. The summed E-state index contributed by atoms with van der Waals surface area (Å²) in [6.45, 7) is 2.04. The highest BCUT2D eigenvalue weighted by atomic mass is 32.1. The Morgan fingerprint density at radius 3 is 2.32 bits per heavy atom. The molecule has 1 aliphatic heterocycles. The van der Waals surface area contributed by atoms with E-state index in [1.165, 1.54) is 0 Å². The van der Waals surface area contributed by atoms with Crippen molar-refractivity contribution in [2.24, 2.45) is 0 Å². The Bertz CT molecular complexity index is 1500. The molecule has 0 bridgehead atoms. The minimum Gasteiger partial charge on any atom is -0.457 e. The molecule has 0 unspecified atom stereocenters. The lowest BCUT2D eigenvalue weighted by Gasteiger charge is -2.29. The fraction of sp³-hybridized carbons (Fsp3) is 0.100. The molecule has 1 N–H and O–H groups in total. The highest BCUT2D eigenvalue weighted by molar-refractivity contribution is 7.80. The fourth-order valence-electron chi connectivity index (χ4n) is 4.68. The molecule has 6 nitrogen and oxygen atoms in total. The van der Waals surface area contributed by atoms with Crippen LogP contribution in [0.25, 0.3) is 5.82 Å². The van der Waals surface area contributed by atoms with E-state index in [0.717, 1.165) is 40.0 Å². The molecule has 0 spiro atoms. The van der Waals surface area contributed by atoms with Gasteiger partial charge in [0.1, 0.15) is 23.4 Å². The van der Waals surface area contributed by atoms with E-state index in [1.807, 2.05) is 110 Å². The average molecular weight is 504 g/mol. The largest absolute Gasteiger partial charge is 0.457 e. The molecule has 2 atom stereocenters. The van der Waals surface area contributed by atoms with Gasteiger partial charge in [-0.05, 0) is 91.4 Å². The van der Waals surface area contributed by atoms with Crippen LogP contribution < -0.4 is 15.0 Å². The summed E-state index contributed by atoms with van der Waals surface area (Å²) in [5.74, 6) is 2.41. The lowest BCUT2D eigenvalue weighted by Crippen LogP contribution is -2.30. The lowest BCUT2D eigenvalue weighted by molar-refractivity contribution is 0.482. The van der Waals surface area contributed by atoms with Crippen LogP contribution in [0.1, 0.15) is 29.0 Å². The van der Waals surface area contributed by atoms with Crippen LogP contribution in [0.2, 0.25) is 0 Å². The molecular weight excluding hydrogens is 478 g/mol. The van der Waals surface area contributed by atoms with E-state index in [-0.39, 0.29) is 12.1 Å². The van der Waals surface area contributed by atoms with Crippen molar-refractivity contribution in [3.05, 3.63) is 133 Å². The van der Waals surface area contributed by atoms with E-state index in [9.17, 15) is 0 Å². The molecule has 1 fully saturated rings. The summed E-state index contributed by atoms with van der Waals surface area (Å²) in [6, 6.07) is 31.7. The average Bonchev–Trinajstić information content (AvgIpc) is 3.55. The number of para-hydroxylation sites is 1. The maximum atomic E-state index is 6.01. The molecule has 2 aromatic carbocycles. The number of hydrogen-bond donors (Lipinski definition) is 1. The summed E-state index contributed by atoms with van der Waals surface area (Å²) in [5, 5.41) is 4.17. The Kier molecular flexibility index (Phi) is 6.12. The molecule has 7 heteroatoms. The summed E-state index contributed by atoms with van der Waals surface area (Å²) in [7, 11) is 0. The SMILES string of the molecule is Cc1ccc(-n2cccc2[C@@H]2[C@H](c3ccccn3)NC(=S)N2c2ccc(Oc3ccccc3)cc2)nc1. The summed E-state index contributed by atoms with van der Waals surface area (Å²) >= 11 is 5.90. The predicted molar refractivity (Wildman–Crippen MR) is 149 cm³/mol. The van der Waals surface area contributed by atoms with Crippen LogP contribution in [0, 0.1) is 6.92 Å². The molecule has 0 amide bonds. The Morgan fingerprint density at radius 2 is 1.59 bits per heavy atom. The monoisotopic (exact) mass is 503 g/mol. The predicted octanol–water partition coefficient (Wildman–Crippen LogP) is 6.55. The molecule has 1 saturated heterocycles. The zero-order valence-corrected chi connectivity index (χ0v) is 21.0. The lowest BCUT2D eigenvalue weighted by atomic mass is 10.0. The van der Waals surface area contributed by atoms with Gasteiger partial charge in [-0.3, -0.25) is 4.98 Å². The highest BCUT2D eigenvalue weighted by Gasteiger charge is 2.42. The third-order valence-corrected chi connectivity index (χ3v) is 6.73. The molecule has 0 radical (unpaired) electrons. The van der Waals surface area contributed by atoms with E-state index in [4.69, 9.17) is 17.0 Å². The van der Waals surface area contributed by atoms with Gasteiger partial charge in [-0.1, -0.05) is 30.3 Å². The first-order valence-electron chi connectivity index (χ1n) is 12.1. The van der Waals surface area contributed by atoms with Gasteiger partial charge in [0.05, 0.1) is 11.7 Å². The molecule has 0 aliphatic carbocycles. The first-order chi connectivity index (χ1) is 18.2. The standard InChI is InChI=1S/C30H25N5OS/c1-21-12-17-27(32-20-21)34-19-7-11-26(34)29-28(25-10-5-6-18-31-25)33-30(37)35(29)22-13-15-24(16-14-22)36-23-8-3-2-4-9-23/h2-20,28-29H,1H3,(H,33,37)/t28-,29+/m0/s1. The number of benzene rings is 2. The van der Waals surface area contributed by atoms with E-state index < -0.39 is 0 Å². The van der Waals surface area contributed by atoms with Crippen LogP contribution >= 0.6 is 12.2 Å². The third-order valence-electron chi connectivity index (χ3n) is 6.42. The second-order valence-corrected chi connectivity index (χ2v) is 9.29. The highest BCUT2D eigenvalue weighted by Crippen LogP contribution is 2.42. The molecule has 4 heterocycles. The molecule has 0 saturated carbocycles. The second kappa shape index (κ2) is 9.87. The summed E-state index contributed by atoms with van der Waals surface area (Å²) in [4.78, 5) is 11.5. The topological polar surface area (TPSA) is 55.2 Å². The molecule has 182 valence electrons. The molecule has 37 heavy (non-hydrogen) atoms. The molecule has 5 aromatic rings. The van der Waals surface area contributed by atoms with Crippen molar-refractivity contribution in [1.29, 1.82) is 0 Å². The summed E-state index contributed by atoms with van der Waals surface area (Å²) in [5.41, 5.74) is 4.06. The van der Waals surface area contributed by atoms with Crippen molar-refractivity contribution in [1.82, 2.24) is 19.9 Å². The Morgan fingerprint density at radius 1 is 0.811 bits per heavy atom. The number of thiocarbonyl (C=S) groups is 1. The van der Waals surface area contributed by atoms with Crippen molar-refractivity contribution < 1.29 is 4.74 Å². The maximum absolute atomic E-state index is 6.01. The zero-order chi connectivity index (χ0) is 25.2. The normalized spacial score (nSPS) is 17.0. The van der Waals surface area contributed by atoms with Gasteiger partial charge in [0.2, 0.25) is 0 Å². The summed E-state index contributed by atoms with van der Waals surface area (Å²) in [6.07, 6.45) is 5.74. The van der Waals surface area contributed by atoms with Crippen LogP contribution in [0.3, 0.4) is 0 Å². The molecular formula is C30H25N5OS. The molecule has 3 aromatic heterocycles. The smallest absolute Gasteiger partial charge is 0.174 e. The number of ether oxygens (including phenoxy) is 1. The zero-order valence-electron chi connectivity index (χ0n) is 20.2. The van der Waals surface area contributed by atoms with Crippen molar-refractivity contribution >= 4 is 23.0 Å². The van der Waals surface area contributed by atoms with Gasteiger partial charge >= 0.3 is 0 Å². The van der Waals surface area contributed by atoms with Gasteiger partial charge in [-0.2, -0.15) is 0 Å². The second-order valence-electron chi connectivity index (χ2n) is 8.90. The van der Waals surface area contributed by atoms with Gasteiger partial charge in [0.15, 0.2) is 5.11 Å². The molecule has 1 aliphatic rings. The van der Waals surface area contributed by atoms with Crippen molar-refractivity contribution in [3.63, 3.8) is 0 Å². The number of rotatable bonds is 6. The maximum Gasteiger partial charge on any atom is 0.174 e. The van der Waals surface area contributed by atoms with Gasteiger partial charge in [-0.15, -0.1) is 0 Å². The van der Waals surface area contributed by atoms with Crippen LogP contribution in [0.4, 0.5) is 5.69 Å². The van der Waals surface area contributed by atoms with Crippen molar-refractivity contribution in [2.75, 3.05) is 4.90 Å². The van der Waals surface area contributed by atoms with E-state index >= 15 is 0 Å². The van der Waals surface area contributed by atoms with E-state index in [2.05, 4.69) is 36.9 Å². The first-order valence-corrected chi connectivity index (χ1v) is 12.5. The first kappa shape index (κ1) is 22.9. The van der Waals surface area contributed by atoms with E-state index in [1.54, 1.807) is 0 Å². The number of aromatic nitrogens is 3. The summed E-state index contributed by atoms with van der Waals surface area (Å²) < 4.78 is 8.13. The van der Waals surface area contributed by atoms with Gasteiger partial charge < -0.3 is 19.5 Å². The van der Waals surface area contributed by atoms with Crippen molar-refractivity contribution in [3.8, 4) is 17.3 Å². The van der Waals surface area contributed by atoms with Gasteiger partial charge in [0.25, 0.3) is 0 Å². The van der Waals surface area contributed by atoms with Crippen molar-refractivity contribution in [2.45, 2.75) is 19.0 Å². The van der Waals surface area contributed by atoms with Gasteiger partial charge in [0, 0.05) is 30.0 Å². The third kappa shape index (κ3) is 4.57. The number of hydrogen-bond acceptors (Lipinski definition) is 4. The minimum atomic E-state index is -0.151. The minimum absolute atomic E-state index is 0.145. The number of nitrogens with one attached hydrogen (secondary N) is 1. The van der Waals surface area contributed by atoms with Gasteiger partial charge in [-0.25, -0.2) is 4.98 Å². The Labute approximate surface area is 221 Å². The van der Waals surface area contributed by atoms with E-state index in [0.29, 0.717) is 5.11 Å². The fourth-order valence-corrected chi connectivity index (χ4v) is 5.03. The van der Waals surface area contributed by atoms with Crippen LogP contribution in [-0.2, 0) is 0 Å². The quantitative estimate of drug-likeness (QED) is 0.265. The number of anilines is 1. The number of pyridine rings is 2. The number of aryl methyl sites for hydroxylation is 1. The molecule has 6 rings (SSSR count). The van der Waals surface area contributed by atoms with Crippen LogP contribution in [0.15, 0.2) is 116 Å².